The first-order valence-electron chi connectivity index (χ1n) is 28.6. The molecule has 8 aliphatic rings. The van der Waals surface area contributed by atoms with Gasteiger partial charge in [-0.2, -0.15) is 0 Å². The molecule has 4 saturated carbocycles. The van der Waals surface area contributed by atoms with Gasteiger partial charge in [0.05, 0.1) is 54.9 Å². The third-order valence-corrected chi connectivity index (χ3v) is 17.4. The highest BCUT2D eigenvalue weighted by atomic mass is 16.7. The van der Waals surface area contributed by atoms with Gasteiger partial charge in [0, 0.05) is 18.1 Å². The van der Waals surface area contributed by atoms with Gasteiger partial charge in [-0.15, -0.1) is 0 Å². The van der Waals surface area contributed by atoms with E-state index >= 15 is 0 Å². The second-order valence-electron chi connectivity index (χ2n) is 23.4. The van der Waals surface area contributed by atoms with Crippen LogP contribution in [0.5, 0.6) is 0 Å². The van der Waals surface area contributed by atoms with E-state index in [9.17, 15) is 90.7 Å². The predicted octanol–water partition coefficient (Wildman–Crippen LogP) is -5.06. The molecule has 29 heteroatoms. The van der Waals surface area contributed by atoms with Crippen molar-refractivity contribution in [2.45, 2.75) is 243 Å². The number of carboxylic acid groups (broad SMARTS) is 1. The highest BCUT2D eigenvalue weighted by Gasteiger charge is 2.56. The van der Waals surface area contributed by atoms with Crippen molar-refractivity contribution in [1.82, 2.24) is 0 Å². The standard InChI is InChI=1S/C54H82O29/c55-25-7-1-22(2-8-25)5-11-38(61)74-19-34-42(65)45(68)48(71)52(81-34)78-31-13-24(14-32(41(31)64)79-53-49(72)46(69)43(66)35(82-53)20-75-39(62)12-6-23-3-9-26(56)10-4-23)51-33(17-28-29(58)15-27(57)16-30(28)77-51)80-54-50(73)47(70)44(67)36(83-54)21-76-40(63)18-37(59)60/h5-6,11-12,22-36,41-58,64-73H,1-4,7-10,13-21H2,(H,59,60). The van der Waals surface area contributed by atoms with E-state index in [-0.39, 0.29) is 43.9 Å². The molecule has 8 fully saturated rings. The molecular weight excluding hydrogens is 1110 g/mol. The maximum absolute atomic E-state index is 12.8. The smallest absolute Gasteiger partial charge is 0.330 e. The van der Waals surface area contributed by atoms with Crippen molar-refractivity contribution in [2.24, 2.45) is 23.7 Å². The molecule has 0 radical (unpaired) electrons. The van der Waals surface area contributed by atoms with E-state index in [1.165, 1.54) is 12.2 Å². The second-order valence-corrected chi connectivity index (χ2v) is 23.4. The Labute approximate surface area is 476 Å². The minimum atomic E-state index is -2.03. The molecule has 4 heterocycles. The van der Waals surface area contributed by atoms with Gasteiger partial charge in [-0.1, -0.05) is 12.2 Å². The molecule has 4 aliphatic heterocycles. The van der Waals surface area contributed by atoms with Crippen molar-refractivity contribution in [1.29, 1.82) is 0 Å². The van der Waals surface area contributed by atoms with Crippen molar-refractivity contribution in [3.63, 3.8) is 0 Å². The van der Waals surface area contributed by atoms with E-state index in [1.54, 1.807) is 12.2 Å². The van der Waals surface area contributed by atoms with Crippen LogP contribution in [0.3, 0.4) is 0 Å². The number of aliphatic hydroxyl groups is 14. The Balaban J connectivity index is 1.04. The van der Waals surface area contributed by atoms with Crippen LogP contribution in [0.1, 0.15) is 89.9 Å². The van der Waals surface area contributed by atoms with Gasteiger partial charge < -0.3 is 124 Å². The number of fused-ring (bicyclic) bond motifs is 1. The topological polar surface area (TPSA) is 464 Å². The lowest BCUT2D eigenvalue weighted by Gasteiger charge is -2.52. The van der Waals surface area contributed by atoms with Gasteiger partial charge in [0.1, 0.15) is 106 Å². The fraction of sp³-hybridized carbons (Fsp3) is 0.852. The summed E-state index contributed by atoms with van der Waals surface area (Å²) in [7, 11) is 0. The number of allylic oxidation sites excluding steroid dienone is 2. The Morgan fingerprint density at radius 3 is 1.25 bits per heavy atom. The van der Waals surface area contributed by atoms with E-state index < -0.39 is 215 Å². The molecule has 0 bridgehead atoms. The van der Waals surface area contributed by atoms with E-state index in [1.807, 2.05) is 0 Å². The zero-order valence-electron chi connectivity index (χ0n) is 45.5. The van der Waals surface area contributed by atoms with E-state index in [2.05, 4.69) is 0 Å². The van der Waals surface area contributed by atoms with E-state index in [4.69, 9.17) is 52.5 Å². The van der Waals surface area contributed by atoms with Gasteiger partial charge in [-0.3, -0.25) is 9.59 Å². The summed E-state index contributed by atoms with van der Waals surface area (Å²) in [6, 6.07) is 0. The molecule has 0 amide bonds. The lowest BCUT2D eigenvalue weighted by Crippen LogP contribution is -2.64. The number of carbonyl (C=O) groups excluding carboxylic acids is 3. The zero-order chi connectivity index (χ0) is 60.0. The van der Waals surface area contributed by atoms with Crippen LogP contribution in [0.4, 0.5) is 0 Å². The molecule has 29 nitrogen and oxygen atoms in total. The van der Waals surface area contributed by atoms with Gasteiger partial charge in [-0.05, 0) is 101 Å². The Morgan fingerprint density at radius 1 is 0.422 bits per heavy atom. The van der Waals surface area contributed by atoms with Crippen molar-refractivity contribution >= 4 is 23.9 Å². The lowest BCUT2D eigenvalue weighted by atomic mass is 9.72. The molecule has 4 aliphatic carbocycles. The van der Waals surface area contributed by atoms with Gasteiger partial charge in [-0.25, -0.2) is 9.59 Å². The van der Waals surface area contributed by atoms with Gasteiger partial charge >= 0.3 is 23.9 Å². The Morgan fingerprint density at radius 2 is 0.831 bits per heavy atom. The maximum Gasteiger partial charge on any atom is 0.330 e. The number of hydrogen-bond acceptors (Lipinski definition) is 28. The van der Waals surface area contributed by atoms with Crippen LogP contribution < -0.4 is 0 Å². The molecule has 4 saturated heterocycles. The van der Waals surface area contributed by atoms with Crippen LogP contribution in [0, 0.1) is 23.7 Å². The summed E-state index contributed by atoms with van der Waals surface area (Å²) in [5.41, 5.74) is 0. The van der Waals surface area contributed by atoms with E-state index in [0.717, 1.165) is 0 Å². The number of carboxylic acids is 1. The summed E-state index contributed by atoms with van der Waals surface area (Å²) >= 11 is 0. The molecule has 472 valence electrons. The highest BCUT2D eigenvalue weighted by Crippen LogP contribution is 2.45. The Hall–Kier alpha value is -3.48. The largest absolute Gasteiger partial charge is 0.481 e. The van der Waals surface area contributed by atoms with Crippen molar-refractivity contribution in [3.05, 3.63) is 24.3 Å². The van der Waals surface area contributed by atoms with Crippen LogP contribution >= 0.6 is 0 Å². The average Bonchev–Trinajstić information content (AvgIpc) is 3.61. The number of hydrogen-bond donors (Lipinski definition) is 15. The average molecular weight is 1200 g/mol. The quantitative estimate of drug-likeness (QED) is 0.0249. The van der Waals surface area contributed by atoms with Crippen LogP contribution in [0.25, 0.3) is 0 Å². The lowest BCUT2D eigenvalue weighted by molar-refractivity contribution is -0.349. The molecule has 0 aromatic heterocycles. The Kier molecular flexibility index (Phi) is 23.3. The molecule has 83 heavy (non-hydrogen) atoms. The number of esters is 3. The second kappa shape index (κ2) is 29.5. The molecule has 0 aromatic carbocycles. The summed E-state index contributed by atoms with van der Waals surface area (Å²) in [4.78, 5) is 48.9. The van der Waals surface area contributed by atoms with Crippen LogP contribution in [-0.4, -0.2) is 273 Å². The third kappa shape index (κ3) is 16.8. The molecule has 8 rings (SSSR count). The van der Waals surface area contributed by atoms with Crippen LogP contribution in [0.2, 0.25) is 0 Å². The molecule has 23 atom stereocenters. The number of aliphatic hydroxyl groups excluding tert-OH is 14. The van der Waals surface area contributed by atoms with Crippen molar-refractivity contribution < 1.29 is 143 Å². The first-order chi connectivity index (χ1) is 39.4. The summed E-state index contributed by atoms with van der Waals surface area (Å²) in [5, 5.41) is 163. The normalized spacial score (nSPS) is 46.2. The minimum Gasteiger partial charge on any atom is -0.481 e. The first kappa shape index (κ1) is 65.5. The van der Waals surface area contributed by atoms with Crippen LogP contribution in [0.15, 0.2) is 24.3 Å². The van der Waals surface area contributed by atoms with Crippen molar-refractivity contribution in [2.75, 3.05) is 19.8 Å². The van der Waals surface area contributed by atoms with Crippen molar-refractivity contribution in [3.8, 4) is 0 Å². The summed E-state index contributed by atoms with van der Waals surface area (Å²) < 4.78 is 58.9. The van der Waals surface area contributed by atoms with E-state index in [0.29, 0.717) is 51.4 Å². The first-order valence-corrected chi connectivity index (χ1v) is 28.6. The molecule has 0 spiro atoms. The molecule has 15 N–H and O–H groups in total. The molecule has 0 aromatic rings. The summed E-state index contributed by atoms with van der Waals surface area (Å²) in [5.74, 6) is -6.15. The zero-order valence-corrected chi connectivity index (χ0v) is 45.5. The summed E-state index contributed by atoms with van der Waals surface area (Å²) in [6.45, 7) is -2.13. The fourth-order valence-electron chi connectivity index (χ4n) is 12.5. The minimum absolute atomic E-state index is 0.000966. The third-order valence-electron chi connectivity index (χ3n) is 17.4. The van der Waals surface area contributed by atoms with Gasteiger partial charge in [0.15, 0.2) is 18.9 Å². The molecular formula is C54H82O29. The monoisotopic (exact) mass is 1190 g/mol. The fourth-order valence-corrected chi connectivity index (χ4v) is 12.5. The van der Waals surface area contributed by atoms with Gasteiger partial charge in [0.25, 0.3) is 0 Å². The summed E-state index contributed by atoms with van der Waals surface area (Å²) in [6.07, 6.45) is -30.8. The van der Waals surface area contributed by atoms with Crippen LogP contribution in [-0.2, 0) is 66.5 Å². The number of ether oxygens (including phenoxy) is 10. The number of aliphatic carboxylic acids is 1. The highest BCUT2D eigenvalue weighted by molar-refractivity contribution is 5.90. The number of rotatable bonds is 19. The maximum atomic E-state index is 12.8. The molecule has 23 unspecified atom stereocenters. The predicted molar refractivity (Wildman–Crippen MR) is 271 cm³/mol. The van der Waals surface area contributed by atoms with Gasteiger partial charge in [0.2, 0.25) is 0 Å². The number of carbonyl (C=O) groups is 4. The Bertz CT molecular complexity index is 2080. The SMILES string of the molecule is O=C(O)CC(=O)OCC1OC(OC2CC3C(O)CC(O)CC3OC2C2CC(OC3OC(COC(=O)C=CC4CCC(O)CC4)C(O)C(O)C3O)C(O)C(OC3OC(COC(=O)C=CC4CCC(O)CC4)C(O)C(O)C3O)C2)C(O)C(O)C1O.